The number of aliphatic imine (C=N–C) groups is 1. The van der Waals surface area contributed by atoms with Crippen LogP contribution >= 0.6 is 0 Å². The van der Waals surface area contributed by atoms with Gasteiger partial charge in [-0.1, -0.05) is 13.0 Å². The molecule has 2 heterocycles. The van der Waals surface area contributed by atoms with Crippen molar-refractivity contribution in [1.82, 2.24) is 15.6 Å². The van der Waals surface area contributed by atoms with Gasteiger partial charge in [0, 0.05) is 44.5 Å². The minimum Gasteiger partial charge on any atom is -0.396 e. The SMILES string of the molecule is CCNC(=NCC(C)CO)NC1CCN(c2cccc(C)n2)CC1. The normalized spacial score (nSPS) is 17.7. The first kappa shape index (κ1) is 18.5. The molecule has 2 rings (SSSR count). The molecule has 1 aliphatic heterocycles. The number of nitrogens with zero attached hydrogens (tertiary/aromatic N) is 3. The third kappa shape index (κ3) is 5.67. The number of pyridine rings is 1. The van der Waals surface area contributed by atoms with Crippen LogP contribution < -0.4 is 15.5 Å². The Labute approximate surface area is 145 Å². The molecule has 1 atom stereocenters. The fourth-order valence-corrected chi connectivity index (χ4v) is 2.78. The van der Waals surface area contributed by atoms with Gasteiger partial charge in [0.25, 0.3) is 0 Å². The van der Waals surface area contributed by atoms with Crippen molar-refractivity contribution in [3.63, 3.8) is 0 Å². The Balaban J connectivity index is 1.86. The molecule has 1 aromatic heterocycles. The minimum absolute atomic E-state index is 0.171. The Morgan fingerprint density at radius 1 is 1.42 bits per heavy atom. The van der Waals surface area contributed by atoms with Gasteiger partial charge in [0.05, 0.1) is 0 Å². The smallest absolute Gasteiger partial charge is 0.191 e. The van der Waals surface area contributed by atoms with E-state index in [4.69, 9.17) is 5.11 Å². The van der Waals surface area contributed by atoms with Gasteiger partial charge in [-0.3, -0.25) is 4.99 Å². The van der Waals surface area contributed by atoms with Crippen LogP contribution in [0.1, 0.15) is 32.4 Å². The lowest BCUT2D eigenvalue weighted by Crippen LogP contribution is -2.49. The molecule has 1 fully saturated rings. The van der Waals surface area contributed by atoms with Crippen molar-refractivity contribution in [1.29, 1.82) is 0 Å². The number of aliphatic hydroxyl groups is 1. The number of aryl methyl sites for hydroxylation is 1. The number of piperidine rings is 1. The van der Waals surface area contributed by atoms with Crippen LogP contribution in [0.4, 0.5) is 5.82 Å². The Morgan fingerprint density at radius 2 is 2.17 bits per heavy atom. The zero-order valence-corrected chi connectivity index (χ0v) is 15.1. The summed E-state index contributed by atoms with van der Waals surface area (Å²) in [5.74, 6) is 2.12. The van der Waals surface area contributed by atoms with Gasteiger partial charge >= 0.3 is 0 Å². The Bertz CT molecular complexity index is 526. The number of rotatable bonds is 6. The van der Waals surface area contributed by atoms with Crippen LogP contribution in [0.2, 0.25) is 0 Å². The van der Waals surface area contributed by atoms with Crippen molar-refractivity contribution >= 4 is 11.8 Å². The largest absolute Gasteiger partial charge is 0.396 e. The molecule has 6 heteroatoms. The Kier molecular flexibility index (Phi) is 7.31. The highest BCUT2D eigenvalue weighted by molar-refractivity contribution is 5.80. The first-order chi connectivity index (χ1) is 11.6. The standard InChI is InChI=1S/C18H31N5O/c1-4-19-18(20-12-14(2)13-24)22-16-8-10-23(11-9-16)17-7-5-6-15(3)21-17/h5-7,14,16,24H,4,8-13H2,1-3H3,(H2,19,20,22). The molecule has 3 N–H and O–H groups in total. The summed E-state index contributed by atoms with van der Waals surface area (Å²) in [5, 5.41) is 16.0. The lowest BCUT2D eigenvalue weighted by molar-refractivity contribution is 0.241. The predicted octanol–water partition coefficient (Wildman–Crippen LogP) is 1.54. The van der Waals surface area contributed by atoms with E-state index in [0.29, 0.717) is 12.6 Å². The summed E-state index contributed by atoms with van der Waals surface area (Å²) < 4.78 is 0. The predicted molar refractivity (Wildman–Crippen MR) is 99.6 cm³/mol. The van der Waals surface area contributed by atoms with E-state index in [1.807, 2.05) is 19.9 Å². The second-order valence-electron chi connectivity index (χ2n) is 6.55. The highest BCUT2D eigenvalue weighted by Crippen LogP contribution is 2.18. The fourth-order valence-electron chi connectivity index (χ4n) is 2.78. The highest BCUT2D eigenvalue weighted by Gasteiger charge is 2.21. The van der Waals surface area contributed by atoms with Crippen molar-refractivity contribution < 1.29 is 5.11 Å². The number of hydrogen-bond donors (Lipinski definition) is 3. The van der Waals surface area contributed by atoms with Crippen molar-refractivity contribution in [2.45, 2.75) is 39.7 Å². The highest BCUT2D eigenvalue weighted by atomic mass is 16.3. The number of hydrogen-bond acceptors (Lipinski definition) is 4. The van der Waals surface area contributed by atoms with Crippen molar-refractivity contribution in [3.05, 3.63) is 23.9 Å². The van der Waals surface area contributed by atoms with Crippen LogP contribution in [0.15, 0.2) is 23.2 Å². The molecule has 24 heavy (non-hydrogen) atoms. The lowest BCUT2D eigenvalue weighted by Gasteiger charge is -2.34. The molecule has 6 nitrogen and oxygen atoms in total. The van der Waals surface area contributed by atoms with Gasteiger partial charge in [0.1, 0.15) is 5.82 Å². The van der Waals surface area contributed by atoms with E-state index in [1.54, 1.807) is 0 Å². The van der Waals surface area contributed by atoms with Crippen LogP contribution in [-0.4, -0.2) is 54.9 Å². The second kappa shape index (κ2) is 9.47. The van der Waals surface area contributed by atoms with Gasteiger partial charge in [-0.2, -0.15) is 0 Å². The van der Waals surface area contributed by atoms with Crippen molar-refractivity contribution in [2.75, 3.05) is 37.7 Å². The first-order valence-corrected chi connectivity index (χ1v) is 8.96. The van der Waals surface area contributed by atoms with E-state index in [9.17, 15) is 0 Å². The topological polar surface area (TPSA) is 72.8 Å². The number of guanidine groups is 1. The lowest BCUT2D eigenvalue weighted by atomic mass is 10.1. The molecule has 0 spiro atoms. The van der Waals surface area contributed by atoms with Crippen LogP contribution in [0.3, 0.4) is 0 Å². The summed E-state index contributed by atoms with van der Waals surface area (Å²) in [6, 6.07) is 6.61. The van der Waals surface area contributed by atoms with Gasteiger partial charge < -0.3 is 20.6 Å². The summed E-state index contributed by atoms with van der Waals surface area (Å²) in [4.78, 5) is 11.5. The zero-order chi connectivity index (χ0) is 17.4. The van der Waals surface area contributed by atoms with Gasteiger partial charge in [-0.05, 0) is 44.7 Å². The molecular weight excluding hydrogens is 302 g/mol. The summed E-state index contributed by atoms with van der Waals surface area (Å²) in [6.45, 7) is 9.75. The molecule has 0 saturated carbocycles. The van der Waals surface area contributed by atoms with Crippen molar-refractivity contribution in [3.8, 4) is 0 Å². The van der Waals surface area contributed by atoms with Crippen LogP contribution in [0.25, 0.3) is 0 Å². The maximum Gasteiger partial charge on any atom is 0.191 e. The first-order valence-electron chi connectivity index (χ1n) is 8.96. The fraction of sp³-hybridized carbons (Fsp3) is 0.667. The Morgan fingerprint density at radius 3 is 2.79 bits per heavy atom. The zero-order valence-electron chi connectivity index (χ0n) is 15.1. The van der Waals surface area contributed by atoms with Gasteiger partial charge in [0.2, 0.25) is 0 Å². The summed E-state index contributed by atoms with van der Waals surface area (Å²) in [5.41, 5.74) is 1.06. The van der Waals surface area contributed by atoms with Gasteiger partial charge in [-0.25, -0.2) is 4.98 Å². The third-order valence-electron chi connectivity index (χ3n) is 4.25. The number of aliphatic hydroxyl groups excluding tert-OH is 1. The third-order valence-corrected chi connectivity index (χ3v) is 4.25. The van der Waals surface area contributed by atoms with Crippen molar-refractivity contribution in [2.24, 2.45) is 10.9 Å². The monoisotopic (exact) mass is 333 g/mol. The number of aromatic nitrogens is 1. The molecular formula is C18H31N5O. The minimum atomic E-state index is 0.171. The molecule has 1 saturated heterocycles. The molecule has 1 aliphatic rings. The van der Waals surface area contributed by atoms with E-state index in [-0.39, 0.29) is 12.5 Å². The van der Waals surface area contributed by atoms with Gasteiger partial charge in [0.15, 0.2) is 5.96 Å². The second-order valence-corrected chi connectivity index (χ2v) is 6.55. The van der Waals surface area contributed by atoms with Crippen LogP contribution in [-0.2, 0) is 0 Å². The number of anilines is 1. The molecule has 0 aromatic carbocycles. The summed E-state index contributed by atoms with van der Waals surface area (Å²) in [7, 11) is 0. The molecule has 0 amide bonds. The molecule has 0 bridgehead atoms. The van der Waals surface area contributed by atoms with E-state index in [2.05, 4.69) is 44.6 Å². The molecule has 134 valence electrons. The van der Waals surface area contributed by atoms with E-state index in [0.717, 1.165) is 49.9 Å². The number of nitrogens with one attached hydrogen (secondary N) is 2. The maximum atomic E-state index is 9.13. The Hall–Kier alpha value is -1.82. The van der Waals surface area contributed by atoms with E-state index in [1.165, 1.54) is 0 Å². The molecule has 1 aromatic rings. The molecule has 1 unspecified atom stereocenters. The quantitative estimate of drug-likeness (QED) is 0.544. The summed E-state index contributed by atoms with van der Waals surface area (Å²) >= 11 is 0. The average molecular weight is 333 g/mol. The maximum absolute atomic E-state index is 9.13. The molecule has 0 radical (unpaired) electrons. The van der Waals surface area contributed by atoms with Crippen LogP contribution in [0, 0.1) is 12.8 Å². The van der Waals surface area contributed by atoms with E-state index < -0.39 is 0 Å². The summed E-state index contributed by atoms with van der Waals surface area (Å²) in [6.07, 6.45) is 2.13. The molecule has 0 aliphatic carbocycles. The van der Waals surface area contributed by atoms with Gasteiger partial charge in [-0.15, -0.1) is 0 Å². The van der Waals surface area contributed by atoms with Crippen LogP contribution in [0.5, 0.6) is 0 Å². The average Bonchev–Trinajstić information content (AvgIpc) is 2.60. The van der Waals surface area contributed by atoms with E-state index >= 15 is 0 Å².